The number of alkyl halides is 3. The summed E-state index contributed by atoms with van der Waals surface area (Å²) in [5, 5.41) is 2.55. The highest BCUT2D eigenvalue weighted by Crippen LogP contribution is 2.38. The minimum Gasteiger partial charge on any atom is -0.435 e. The third-order valence-electron chi connectivity index (χ3n) is 3.59. The summed E-state index contributed by atoms with van der Waals surface area (Å²) in [6.45, 7) is 0. The van der Waals surface area contributed by atoms with Crippen molar-refractivity contribution in [3.8, 4) is 11.6 Å². The van der Waals surface area contributed by atoms with Crippen molar-refractivity contribution < 1.29 is 31.5 Å². The third kappa shape index (κ3) is 4.08. The summed E-state index contributed by atoms with van der Waals surface area (Å²) in [5.41, 5.74) is -1.78. The average molecular weight is 394 g/mol. The van der Waals surface area contributed by atoms with Crippen LogP contribution in [0.5, 0.6) is 11.6 Å². The van der Waals surface area contributed by atoms with Gasteiger partial charge in [-0.2, -0.15) is 13.2 Å². The number of carbonyl (C=O) groups excluding carboxylic acids is 1. The van der Waals surface area contributed by atoms with E-state index in [1.165, 1.54) is 18.3 Å². The Hall–Kier alpha value is -3.49. The normalized spacial score (nSPS) is 11.2. The second kappa shape index (κ2) is 7.63. The van der Waals surface area contributed by atoms with Crippen LogP contribution in [-0.4, -0.2) is 10.9 Å². The largest absolute Gasteiger partial charge is 0.435 e. The molecule has 0 saturated carbocycles. The van der Waals surface area contributed by atoms with Crippen LogP contribution < -0.4 is 10.1 Å². The Bertz CT molecular complexity index is 1010. The fraction of sp³-hybridized carbons (Fsp3) is 0.0526. The van der Waals surface area contributed by atoms with Crippen LogP contribution in [0.2, 0.25) is 0 Å². The number of pyridine rings is 1. The fourth-order valence-corrected chi connectivity index (χ4v) is 2.34. The zero-order valence-electron chi connectivity index (χ0n) is 13.9. The van der Waals surface area contributed by atoms with Gasteiger partial charge >= 0.3 is 6.18 Å². The van der Waals surface area contributed by atoms with Crippen molar-refractivity contribution in [1.82, 2.24) is 4.98 Å². The van der Waals surface area contributed by atoms with Gasteiger partial charge in [-0.15, -0.1) is 0 Å². The molecule has 144 valence electrons. The molecule has 3 aromatic rings. The lowest BCUT2D eigenvalue weighted by atomic mass is 10.1. The predicted molar refractivity (Wildman–Crippen MR) is 90.1 cm³/mol. The molecule has 0 aliphatic carbocycles. The number of benzene rings is 2. The van der Waals surface area contributed by atoms with Gasteiger partial charge in [0.2, 0.25) is 5.88 Å². The van der Waals surface area contributed by atoms with E-state index in [1.807, 2.05) is 0 Å². The number of amides is 1. The molecule has 9 heteroatoms. The minimum atomic E-state index is -5.26. The summed E-state index contributed by atoms with van der Waals surface area (Å²) in [4.78, 5) is 16.2. The van der Waals surface area contributed by atoms with E-state index in [-0.39, 0.29) is 5.56 Å². The SMILES string of the molecule is O=C(Nc1ccccc1)c1cccnc1Oc1ccc(F)c(C(F)(F)F)c1F. The Labute approximate surface area is 155 Å². The molecule has 3 rings (SSSR count). The predicted octanol–water partition coefficient (Wildman–Crippen LogP) is 5.42. The molecule has 4 nitrogen and oxygen atoms in total. The number of hydrogen-bond donors (Lipinski definition) is 1. The van der Waals surface area contributed by atoms with Crippen molar-refractivity contribution in [3.63, 3.8) is 0 Å². The molecule has 0 unspecified atom stereocenters. The fourth-order valence-electron chi connectivity index (χ4n) is 2.34. The minimum absolute atomic E-state index is 0.149. The van der Waals surface area contributed by atoms with Gasteiger partial charge in [0.05, 0.1) is 0 Å². The van der Waals surface area contributed by atoms with Crippen LogP contribution in [0.3, 0.4) is 0 Å². The lowest BCUT2D eigenvalue weighted by Gasteiger charge is -2.14. The molecule has 0 fully saturated rings. The number of anilines is 1. The standard InChI is InChI=1S/C19H11F5N2O2/c20-13-8-9-14(16(21)15(13)19(22,23)24)28-18-12(7-4-10-25-18)17(27)26-11-5-2-1-3-6-11/h1-10H,(H,26,27). The number of para-hydroxylation sites is 1. The van der Waals surface area contributed by atoms with Gasteiger partial charge in [-0.05, 0) is 36.4 Å². The van der Waals surface area contributed by atoms with Gasteiger partial charge in [0.15, 0.2) is 11.6 Å². The van der Waals surface area contributed by atoms with Crippen molar-refractivity contribution >= 4 is 11.6 Å². The first-order valence-corrected chi connectivity index (χ1v) is 7.82. The molecule has 28 heavy (non-hydrogen) atoms. The van der Waals surface area contributed by atoms with Gasteiger partial charge in [-0.25, -0.2) is 13.8 Å². The molecular formula is C19H11F5N2O2. The van der Waals surface area contributed by atoms with E-state index in [1.54, 1.807) is 30.3 Å². The molecule has 0 radical (unpaired) electrons. The first-order chi connectivity index (χ1) is 13.3. The first kappa shape index (κ1) is 19.3. The zero-order valence-corrected chi connectivity index (χ0v) is 13.9. The van der Waals surface area contributed by atoms with Gasteiger partial charge in [0.25, 0.3) is 5.91 Å². The van der Waals surface area contributed by atoms with Crippen LogP contribution in [-0.2, 0) is 6.18 Å². The van der Waals surface area contributed by atoms with Crippen LogP contribution in [0.4, 0.5) is 27.6 Å². The van der Waals surface area contributed by atoms with Gasteiger partial charge in [-0.1, -0.05) is 18.2 Å². The second-order valence-electron chi connectivity index (χ2n) is 5.51. The van der Waals surface area contributed by atoms with Gasteiger partial charge in [0.1, 0.15) is 16.9 Å². The monoisotopic (exact) mass is 394 g/mol. The van der Waals surface area contributed by atoms with Gasteiger partial charge < -0.3 is 10.1 Å². The maximum atomic E-state index is 14.2. The first-order valence-electron chi connectivity index (χ1n) is 7.82. The topological polar surface area (TPSA) is 51.2 Å². The smallest absolute Gasteiger partial charge is 0.422 e. The lowest BCUT2D eigenvalue weighted by molar-refractivity contribution is -0.142. The van der Waals surface area contributed by atoms with E-state index in [4.69, 9.17) is 4.74 Å². The summed E-state index contributed by atoms with van der Waals surface area (Å²) < 4.78 is 71.3. The maximum absolute atomic E-state index is 14.2. The average Bonchev–Trinajstić information content (AvgIpc) is 2.64. The van der Waals surface area contributed by atoms with Crippen molar-refractivity contribution in [2.24, 2.45) is 0 Å². The van der Waals surface area contributed by atoms with Crippen LogP contribution >= 0.6 is 0 Å². The number of rotatable bonds is 4. The zero-order chi connectivity index (χ0) is 20.3. The van der Waals surface area contributed by atoms with E-state index in [9.17, 15) is 26.7 Å². The summed E-state index contributed by atoms with van der Waals surface area (Å²) in [6, 6.07) is 12.1. The van der Waals surface area contributed by atoms with Crippen LogP contribution in [0.1, 0.15) is 15.9 Å². The van der Waals surface area contributed by atoms with Crippen molar-refractivity contribution in [1.29, 1.82) is 0 Å². The van der Waals surface area contributed by atoms with E-state index in [0.29, 0.717) is 17.8 Å². The van der Waals surface area contributed by atoms with Gasteiger partial charge in [-0.3, -0.25) is 4.79 Å². The molecule has 0 atom stereocenters. The Balaban J connectivity index is 1.94. The number of aromatic nitrogens is 1. The van der Waals surface area contributed by atoms with E-state index in [2.05, 4.69) is 10.3 Å². The number of halogens is 5. The Morgan fingerprint density at radius 1 is 0.964 bits per heavy atom. The van der Waals surface area contributed by atoms with Crippen LogP contribution in [0, 0.1) is 11.6 Å². The lowest BCUT2D eigenvalue weighted by Crippen LogP contribution is -2.14. The Morgan fingerprint density at radius 3 is 2.36 bits per heavy atom. The molecule has 1 amide bonds. The van der Waals surface area contributed by atoms with E-state index >= 15 is 0 Å². The molecular weight excluding hydrogens is 383 g/mol. The second-order valence-corrected chi connectivity index (χ2v) is 5.51. The third-order valence-corrected chi connectivity index (χ3v) is 3.59. The molecule has 1 aromatic heterocycles. The summed E-state index contributed by atoms with van der Waals surface area (Å²) in [6.07, 6.45) is -4.05. The Morgan fingerprint density at radius 2 is 1.68 bits per heavy atom. The highest BCUT2D eigenvalue weighted by atomic mass is 19.4. The molecule has 0 aliphatic rings. The Kier molecular flexibility index (Phi) is 5.25. The molecule has 0 saturated heterocycles. The highest BCUT2D eigenvalue weighted by molar-refractivity contribution is 6.05. The molecule has 2 aromatic carbocycles. The van der Waals surface area contributed by atoms with Crippen molar-refractivity contribution in [2.75, 3.05) is 5.32 Å². The summed E-state index contributed by atoms with van der Waals surface area (Å²) >= 11 is 0. The molecule has 1 heterocycles. The molecule has 1 N–H and O–H groups in total. The van der Waals surface area contributed by atoms with Crippen molar-refractivity contribution in [2.45, 2.75) is 6.18 Å². The molecule has 0 aliphatic heterocycles. The van der Waals surface area contributed by atoms with Crippen molar-refractivity contribution in [3.05, 3.63) is 83.6 Å². The summed E-state index contributed by atoms with van der Waals surface area (Å²) in [7, 11) is 0. The van der Waals surface area contributed by atoms with E-state index in [0.717, 1.165) is 0 Å². The molecule has 0 bridgehead atoms. The van der Waals surface area contributed by atoms with E-state index < -0.39 is 40.9 Å². The quantitative estimate of drug-likeness (QED) is 0.601. The number of ether oxygens (including phenoxy) is 1. The number of hydrogen-bond acceptors (Lipinski definition) is 3. The number of nitrogens with one attached hydrogen (secondary N) is 1. The van der Waals surface area contributed by atoms with Crippen LogP contribution in [0.15, 0.2) is 60.8 Å². The maximum Gasteiger partial charge on any atom is 0.422 e. The molecule has 0 spiro atoms. The van der Waals surface area contributed by atoms with Crippen LogP contribution in [0.25, 0.3) is 0 Å². The number of carbonyl (C=O) groups is 1. The highest BCUT2D eigenvalue weighted by Gasteiger charge is 2.39. The van der Waals surface area contributed by atoms with Gasteiger partial charge in [0, 0.05) is 11.9 Å². The number of nitrogens with zero attached hydrogens (tertiary/aromatic N) is 1. The summed E-state index contributed by atoms with van der Waals surface area (Å²) in [5.74, 6) is -5.74.